The zero-order valence-electron chi connectivity index (χ0n) is 15.9. The largest absolute Gasteiger partial charge is 0.497 e. The summed E-state index contributed by atoms with van der Waals surface area (Å²) in [5.41, 5.74) is 0.469. The fourth-order valence-electron chi connectivity index (χ4n) is 3.21. The van der Waals surface area contributed by atoms with Crippen LogP contribution < -0.4 is 9.47 Å². The first-order valence-electron chi connectivity index (χ1n) is 8.92. The van der Waals surface area contributed by atoms with E-state index in [9.17, 15) is 14.4 Å². The Bertz CT molecular complexity index is 675. The Kier molecular flexibility index (Phi) is 7.04. The summed E-state index contributed by atoms with van der Waals surface area (Å²) in [6, 6.07) is 5.02. The van der Waals surface area contributed by atoms with Gasteiger partial charge in [0.1, 0.15) is 18.0 Å². The molecule has 0 atom stereocenters. The zero-order chi connectivity index (χ0) is 20.0. The van der Waals surface area contributed by atoms with Crippen LogP contribution in [-0.4, -0.2) is 73.1 Å². The van der Waals surface area contributed by atoms with E-state index >= 15 is 0 Å². The van der Waals surface area contributed by atoms with Gasteiger partial charge in [0.05, 0.1) is 14.2 Å². The maximum absolute atomic E-state index is 12.8. The lowest BCUT2D eigenvalue weighted by atomic mass is 9.94. The Morgan fingerprint density at radius 2 is 1.67 bits per heavy atom. The van der Waals surface area contributed by atoms with E-state index in [1.807, 2.05) is 0 Å². The predicted octanol–water partition coefficient (Wildman–Crippen LogP) is 1.49. The van der Waals surface area contributed by atoms with Gasteiger partial charge in [-0.3, -0.25) is 14.4 Å². The van der Waals surface area contributed by atoms with Gasteiger partial charge >= 0.3 is 5.97 Å². The molecule has 148 valence electrons. The highest BCUT2D eigenvalue weighted by molar-refractivity contribution is 5.95. The van der Waals surface area contributed by atoms with Crippen molar-refractivity contribution in [2.45, 2.75) is 19.8 Å². The Balaban J connectivity index is 2.01. The van der Waals surface area contributed by atoms with Crippen LogP contribution in [0.5, 0.6) is 11.5 Å². The van der Waals surface area contributed by atoms with Crippen molar-refractivity contribution in [2.24, 2.45) is 5.92 Å². The number of ether oxygens (including phenoxy) is 2. The number of carboxylic acids is 1. The van der Waals surface area contributed by atoms with E-state index in [0.29, 0.717) is 49.5 Å². The third-order valence-electron chi connectivity index (χ3n) is 4.75. The first kappa shape index (κ1) is 20.5. The van der Waals surface area contributed by atoms with Gasteiger partial charge < -0.3 is 24.4 Å². The van der Waals surface area contributed by atoms with Crippen LogP contribution in [-0.2, 0) is 9.59 Å². The quantitative estimate of drug-likeness (QED) is 0.772. The minimum atomic E-state index is -1.02. The van der Waals surface area contributed by atoms with Crippen molar-refractivity contribution in [2.75, 3.05) is 40.4 Å². The van der Waals surface area contributed by atoms with E-state index < -0.39 is 5.97 Å². The molecule has 1 aliphatic heterocycles. The summed E-state index contributed by atoms with van der Waals surface area (Å²) in [5.74, 6) is -0.506. The number of carboxylic acid groups (broad SMARTS) is 1. The number of likely N-dealkylation sites (tertiary alicyclic amines) is 1. The van der Waals surface area contributed by atoms with E-state index in [-0.39, 0.29) is 24.3 Å². The number of piperidine rings is 1. The number of hydrogen-bond donors (Lipinski definition) is 1. The van der Waals surface area contributed by atoms with Crippen LogP contribution >= 0.6 is 0 Å². The molecule has 0 bridgehead atoms. The van der Waals surface area contributed by atoms with Gasteiger partial charge in [0, 0.05) is 37.2 Å². The standard InChI is InChI=1S/C19H26N2O6/c1-4-20(12-17(22)23)18(24)13-5-7-21(8-6-13)19(25)14-9-15(26-2)11-16(10-14)27-3/h9-11,13H,4-8,12H2,1-3H3,(H,22,23). The molecule has 27 heavy (non-hydrogen) atoms. The van der Waals surface area contributed by atoms with Crippen molar-refractivity contribution in [3.8, 4) is 11.5 Å². The lowest BCUT2D eigenvalue weighted by Crippen LogP contribution is -2.45. The first-order valence-corrected chi connectivity index (χ1v) is 8.92. The number of nitrogens with zero attached hydrogens (tertiary/aromatic N) is 2. The van der Waals surface area contributed by atoms with Gasteiger partial charge in [0.25, 0.3) is 5.91 Å². The molecule has 8 heteroatoms. The summed E-state index contributed by atoms with van der Waals surface area (Å²) >= 11 is 0. The molecule has 0 aromatic heterocycles. The van der Waals surface area contributed by atoms with Crippen molar-refractivity contribution in [1.82, 2.24) is 9.80 Å². The molecule has 1 aromatic carbocycles. The van der Waals surface area contributed by atoms with Crippen molar-refractivity contribution in [1.29, 1.82) is 0 Å². The molecule has 1 aromatic rings. The second kappa shape index (κ2) is 9.25. The molecule has 0 aliphatic carbocycles. The van der Waals surface area contributed by atoms with Crippen LogP contribution in [0.25, 0.3) is 0 Å². The molecule has 2 rings (SSSR count). The van der Waals surface area contributed by atoms with Crippen LogP contribution in [0.2, 0.25) is 0 Å². The SMILES string of the molecule is CCN(CC(=O)O)C(=O)C1CCN(C(=O)c2cc(OC)cc(OC)c2)CC1. The Labute approximate surface area is 158 Å². The fourth-order valence-corrected chi connectivity index (χ4v) is 3.21. The van der Waals surface area contributed by atoms with Gasteiger partial charge in [-0.25, -0.2) is 0 Å². The van der Waals surface area contributed by atoms with Crippen LogP contribution in [0, 0.1) is 5.92 Å². The van der Waals surface area contributed by atoms with Gasteiger partial charge in [0.2, 0.25) is 5.91 Å². The maximum Gasteiger partial charge on any atom is 0.323 e. The number of hydrogen-bond acceptors (Lipinski definition) is 5. The number of methoxy groups -OCH3 is 2. The number of carbonyl (C=O) groups excluding carboxylic acids is 2. The molecule has 0 saturated carbocycles. The van der Waals surface area contributed by atoms with Gasteiger partial charge in [-0.1, -0.05) is 0 Å². The van der Waals surface area contributed by atoms with E-state index in [4.69, 9.17) is 14.6 Å². The van der Waals surface area contributed by atoms with Crippen molar-refractivity contribution in [3.63, 3.8) is 0 Å². The minimum Gasteiger partial charge on any atom is -0.497 e. The van der Waals surface area contributed by atoms with Crippen molar-refractivity contribution in [3.05, 3.63) is 23.8 Å². The summed E-state index contributed by atoms with van der Waals surface area (Å²) < 4.78 is 10.4. The normalized spacial score (nSPS) is 14.6. The number of likely N-dealkylation sites (N-methyl/N-ethyl adjacent to an activating group) is 1. The molecule has 0 radical (unpaired) electrons. The first-order chi connectivity index (χ1) is 12.9. The number of carbonyl (C=O) groups is 3. The third kappa shape index (κ3) is 5.12. The number of aliphatic carboxylic acids is 1. The van der Waals surface area contributed by atoms with Crippen LogP contribution in [0.4, 0.5) is 0 Å². The van der Waals surface area contributed by atoms with Crippen LogP contribution in [0.15, 0.2) is 18.2 Å². The fraction of sp³-hybridized carbons (Fsp3) is 0.526. The molecule has 8 nitrogen and oxygen atoms in total. The Morgan fingerprint density at radius 3 is 2.11 bits per heavy atom. The second-order valence-electron chi connectivity index (χ2n) is 6.41. The molecular formula is C19H26N2O6. The molecule has 1 N–H and O–H groups in total. The monoisotopic (exact) mass is 378 g/mol. The number of benzene rings is 1. The molecule has 2 amide bonds. The van der Waals surface area contributed by atoms with E-state index in [2.05, 4.69) is 0 Å². The van der Waals surface area contributed by atoms with Crippen molar-refractivity contribution >= 4 is 17.8 Å². The van der Waals surface area contributed by atoms with Gasteiger partial charge in [-0.05, 0) is 31.9 Å². The van der Waals surface area contributed by atoms with Gasteiger partial charge in [0.15, 0.2) is 0 Å². The van der Waals surface area contributed by atoms with E-state index in [0.717, 1.165) is 0 Å². The second-order valence-corrected chi connectivity index (χ2v) is 6.41. The molecular weight excluding hydrogens is 352 g/mol. The molecule has 0 unspecified atom stereocenters. The molecule has 1 aliphatic rings. The summed E-state index contributed by atoms with van der Waals surface area (Å²) in [6.45, 7) is 2.71. The minimum absolute atomic E-state index is 0.143. The Morgan fingerprint density at radius 1 is 1.11 bits per heavy atom. The van der Waals surface area contributed by atoms with Crippen molar-refractivity contribution < 1.29 is 29.0 Å². The van der Waals surface area contributed by atoms with E-state index in [1.165, 1.54) is 19.1 Å². The highest BCUT2D eigenvalue weighted by atomic mass is 16.5. The lowest BCUT2D eigenvalue weighted by molar-refractivity contribution is -0.146. The average Bonchev–Trinajstić information content (AvgIpc) is 2.70. The third-order valence-corrected chi connectivity index (χ3v) is 4.75. The summed E-state index contributed by atoms with van der Waals surface area (Å²) in [5, 5.41) is 8.92. The number of amides is 2. The zero-order valence-corrected chi connectivity index (χ0v) is 15.9. The molecule has 1 saturated heterocycles. The summed E-state index contributed by atoms with van der Waals surface area (Å²) in [6.07, 6.45) is 1.03. The lowest BCUT2D eigenvalue weighted by Gasteiger charge is -2.33. The molecule has 1 fully saturated rings. The predicted molar refractivity (Wildman–Crippen MR) is 98.1 cm³/mol. The maximum atomic E-state index is 12.8. The van der Waals surface area contributed by atoms with E-state index in [1.54, 1.807) is 30.0 Å². The topological polar surface area (TPSA) is 96.4 Å². The highest BCUT2D eigenvalue weighted by Gasteiger charge is 2.31. The smallest absolute Gasteiger partial charge is 0.323 e. The summed E-state index contributed by atoms with van der Waals surface area (Å²) in [7, 11) is 3.05. The van der Waals surface area contributed by atoms with Gasteiger partial charge in [-0.15, -0.1) is 0 Å². The van der Waals surface area contributed by atoms with Gasteiger partial charge in [-0.2, -0.15) is 0 Å². The van der Waals surface area contributed by atoms with Crippen LogP contribution in [0.3, 0.4) is 0 Å². The molecule has 1 heterocycles. The Hall–Kier alpha value is -2.77. The van der Waals surface area contributed by atoms with Crippen LogP contribution in [0.1, 0.15) is 30.1 Å². The molecule has 0 spiro atoms. The highest BCUT2D eigenvalue weighted by Crippen LogP contribution is 2.26. The number of rotatable bonds is 7. The average molecular weight is 378 g/mol. The summed E-state index contributed by atoms with van der Waals surface area (Å²) in [4.78, 5) is 39.2.